The van der Waals surface area contributed by atoms with Gasteiger partial charge in [0.05, 0.1) is 5.02 Å². The molecular formula is C10H13ClFNS. The Morgan fingerprint density at radius 3 is 3.00 bits per heavy atom. The van der Waals surface area contributed by atoms with Crippen molar-refractivity contribution in [1.82, 2.24) is 5.32 Å². The predicted octanol–water partition coefficient (Wildman–Crippen LogP) is 3.38. The second kappa shape index (κ2) is 4.60. The van der Waals surface area contributed by atoms with E-state index < -0.39 is 6.17 Å². The van der Waals surface area contributed by atoms with Crippen LogP contribution in [0.5, 0.6) is 0 Å². The van der Waals surface area contributed by atoms with E-state index in [2.05, 4.69) is 5.32 Å². The van der Waals surface area contributed by atoms with Crippen molar-refractivity contribution in [1.29, 1.82) is 0 Å². The van der Waals surface area contributed by atoms with Gasteiger partial charge in [-0.05, 0) is 30.7 Å². The monoisotopic (exact) mass is 233 g/mol. The Morgan fingerprint density at radius 2 is 2.43 bits per heavy atom. The van der Waals surface area contributed by atoms with E-state index in [1.54, 1.807) is 11.3 Å². The maximum absolute atomic E-state index is 13.2. The van der Waals surface area contributed by atoms with Gasteiger partial charge >= 0.3 is 0 Å². The van der Waals surface area contributed by atoms with Gasteiger partial charge in [-0.2, -0.15) is 0 Å². The summed E-state index contributed by atoms with van der Waals surface area (Å²) >= 11 is 7.56. The van der Waals surface area contributed by atoms with E-state index >= 15 is 0 Å². The molecule has 1 aromatic rings. The fourth-order valence-electron chi connectivity index (χ4n) is 1.82. The normalized spacial score (nSPS) is 27.0. The molecule has 78 valence electrons. The van der Waals surface area contributed by atoms with E-state index in [0.29, 0.717) is 13.0 Å². The molecule has 2 rings (SSSR count). The van der Waals surface area contributed by atoms with Gasteiger partial charge in [-0.3, -0.25) is 0 Å². The number of alkyl halides is 1. The predicted molar refractivity (Wildman–Crippen MR) is 58.7 cm³/mol. The fourth-order valence-corrected chi connectivity index (χ4v) is 2.87. The van der Waals surface area contributed by atoms with Crippen LogP contribution < -0.4 is 5.32 Å². The summed E-state index contributed by atoms with van der Waals surface area (Å²) in [5, 5.41) is 5.97. The highest BCUT2D eigenvalue weighted by atomic mass is 35.5. The van der Waals surface area contributed by atoms with E-state index in [1.165, 1.54) is 0 Å². The highest BCUT2D eigenvalue weighted by Gasteiger charge is 2.26. The molecule has 1 aromatic heterocycles. The molecule has 1 fully saturated rings. The van der Waals surface area contributed by atoms with E-state index in [0.717, 1.165) is 22.7 Å². The summed E-state index contributed by atoms with van der Waals surface area (Å²) in [5.74, 6) is 0. The number of rotatable bonds is 3. The molecule has 0 unspecified atom stereocenters. The van der Waals surface area contributed by atoms with Crippen LogP contribution in [0.1, 0.15) is 24.1 Å². The number of hydrogen-bond donors (Lipinski definition) is 1. The molecule has 1 saturated carbocycles. The molecule has 0 spiro atoms. The zero-order valence-electron chi connectivity index (χ0n) is 7.80. The minimum Gasteiger partial charge on any atom is -0.306 e. The Bertz CT molecular complexity index is 302. The van der Waals surface area contributed by atoms with E-state index in [-0.39, 0.29) is 6.04 Å². The lowest BCUT2D eigenvalue weighted by molar-refractivity contribution is 0.279. The molecule has 0 radical (unpaired) electrons. The van der Waals surface area contributed by atoms with Crippen molar-refractivity contribution in [2.45, 2.75) is 38.0 Å². The van der Waals surface area contributed by atoms with Gasteiger partial charge in [-0.1, -0.05) is 11.6 Å². The maximum atomic E-state index is 13.2. The quantitative estimate of drug-likeness (QED) is 0.844. The van der Waals surface area contributed by atoms with Crippen LogP contribution in [0.3, 0.4) is 0 Å². The Morgan fingerprint density at radius 1 is 1.57 bits per heavy atom. The molecule has 1 aliphatic rings. The van der Waals surface area contributed by atoms with Gasteiger partial charge in [0.15, 0.2) is 0 Å². The van der Waals surface area contributed by atoms with Crippen LogP contribution in [0.2, 0.25) is 5.02 Å². The summed E-state index contributed by atoms with van der Waals surface area (Å²) in [6.07, 6.45) is 1.98. The van der Waals surface area contributed by atoms with Crippen molar-refractivity contribution in [3.05, 3.63) is 21.3 Å². The molecule has 0 bridgehead atoms. The van der Waals surface area contributed by atoms with Crippen molar-refractivity contribution in [3.63, 3.8) is 0 Å². The summed E-state index contributed by atoms with van der Waals surface area (Å²) in [4.78, 5) is 1.10. The lowest BCUT2D eigenvalue weighted by Gasteiger charge is -2.13. The smallest absolute Gasteiger partial charge is 0.115 e. The van der Waals surface area contributed by atoms with Crippen LogP contribution in [-0.2, 0) is 6.54 Å². The topological polar surface area (TPSA) is 12.0 Å². The van der Waals surface area contributed by atoms with Crippen molar-refractivity contribution in [2.75, 3.05) is 0 Å². The van der Waals surface area contributed by atoms with Crippen LogP contribution in [-0.4, -0.2) is 12.2 Å². The first-order chi connectivity index (χ1) is 6.77. The summed E-state index contributed by atoms with van der Waals surface area (Å²) in [6, 6.07) is 1.92. The van der Waals surface area contributed by atoms with Gasteiger partial charge < -0.3 is 5.32 Å². The zero-order valence-corrected chi connectivity index (χ0v) is 9.37. The van der Waals surface area contributed by atoms with Gasteiger partial charge in [-0.15, -0.1) is 11.3 Å². The third kappa shape index (κ3) is 2.27. The minimum absolute atomic E-state index is 0.0353. The summed E-state index contributed by atoms with van der Waals surface area (Å²) in [7, 11) is 0. The molecule has 1 heterocycles. The third-order valence-corrected chi connectivity index (χ3v) is 4.03. The molecule has 0 aromatic carbocycles. The number of halogens is 2. The van der Waals surface area contributed by atoms with Gasteiger partial charge in [-0.25, -0.2) is 4.39 Å². The van der Waals surface area contributed by atoms with Gasteiger partial charge in [0.1, 0.15) is 6.17 Å². The average Bonchev–Trinajstić information content (AvgIpc) is 2.72. The van der Waals surface area contributed by atoms with Crippen LogP contribution in [0, 0.1) is 0 Å². The van der Waals surface area contributed by atoms with E-state index in [4.69, 9.17) is 11.6 Å². The first-order valence-corrected chi connectivity index (χ1v) is 6.12. The van der Waals surface area contributed by atoms with Gasteiger partial charge in [0.25, 0.3) is 0 Å². The maximum Gasteiger partial charge on any atom is 0.115 e. The average molecular weight is 234 g/mol. The Hall–Kier alpha value is -0.120. The molecule has 0 saturated heterocycles. The van der Waals surface area contributed by atoms with Crippen LogP contribution >= 0.6 is 22.9 Å². The molecule has 4 heteroatoms. The highest BCUT2D eigenvalue weighted by Crippen LogP contribution is 2.25. The number of thiophene rings is 1. The third-order valence-electron chi connectivity index (χ3n) is 2.65. The summed E-state index contributed by atoms with van der Waals surface area (Å²) < 4.78 is 13.2. The summed E-state index contributed by atoms with van der Waals surface area (Å²) in [6.45, 7) is 0.696. The molecule has 0 amide bonds. The Balaban J connectivity index is 1.85. The highest BCUT2D eigenvalue weighted by molar-refractivity contribution is 7.10. The first kappa shape index (κ1) is 10.4. The van der Waals surface area contributed by atoms with Crippen LogP contribution in [0.4, 0.5) is 4.39 Å². The Labute approximate surface area is 92.3 Å². The SMILES string of the molecule is F[C@H]1CCC[C@H]1NCc1sccc1Cl. The molecule has 14 heavy (non-hydrogen) atoms. The molecule has 2 atom stereocenters. The van der Waals surface area contributed by atoms with Gasteiger partial charge in [0, 0.05) is 17.5 Å². The van der Waals surface area contributed by atoms with Crippen molar-refractivity contribution in [2.24, 2.45) is 0 Å². The van der Waals surface area contributed by atoms with E-state index in [1.807, 2.05) is 11.4 Å². The lowest BCUT2D eigenvalue weighted by Crippen LogP contribution is -2.32. The Kier molecular flexibility index (Phi) is 3.42. The van der Waals surface area contributed by atoms with Crippen molar-refractivity contribution in [3.8, 4) is 0 Å². The van der Waals surface area contributed by atoms with Crippen LogP contribution in [0.25, 0.3) is 0 Å². The second-order valence-corrected chi connectivity index (χ2v) is 5.03. The largest absolute Gasteiger partial charge is 0.306 e. The van der Waals surface area contributed by atoms with Crippen molar-refractivity contribution >= 4 is 22.9 Å². The summed E-state index contributed by atoms with van der Waals surface area (Å²) in [5.41, 5.74) is 0. The van der Waals surface area contributed by atoms with Crippen molar-refractivity contribution < 1.29 is 4.39 Å². The molecule has 1 aliphatic carbocycles. The molecular weight excluding hydrogens is 221 g/mol. The lowest BCUT2D eigenvalue weighted by atomic mass is 10.2. The van der Waals surface area contributed by atoms with E-state index in [9.17, 15) is 4.39 Å². The standard InChI is InChI=1S/C10H13ClFNS/c11-7-4-5-14-10(7)6-13-9-3-1-2-8(9)12/h4-5,8-9,13H,1-3,6H2/t8-,9+/m0/s1. The number of hydrogen-bond acceptors (Lipinski definition) is 2. The molecule has 0 aliphatic heterocycles. The fraction of sp³-hybridized carbons (Fsp3) is 0.600. The van der Waals surface area contributed by atoms with Crippen LogP contribution in [0.15, 0.2) is 11.4 Å². The first-order valence-electron chi connectivity index (χ1n) is 4.86. The minimum atomic E-state index is -0.672. The molecule has 1 nitrogen and oxygen atoms in total. The second-order valence-electron chi connectivity index (χ2n) is 3.63. The zero-order chi connectivity index (χ0) is 9.97. The molecule has 1 N–H and O–H groups in total. The number of nitrogens with one attached hydrogen (secondary N) is 1. The van der Waals surface area contributed by atoms with Gasteiger partial charge in [0.2, 0.25) is 0 Å².